The third-order valence-corrected chi connectivity index (χ3v) is 3.60. The van der Waals surface area contributed by atoms with Gasteiger partial charge in [-0.2, -0.15) is 0 Å². The second-order valence-corrected chi connectivity index (χ2v) is 4.60. The van der Waals surface area contributed by atoms with E-state index in [1.807, 2.05) is 18.2 Å². The molecule has 0 spiro atoms. The molecule has 1 aliphatic rings. The lowest BCUT2D eigenvalue weighted by molar-refractivity contribution is 0.112. The molecule has 1 aromatic heterocycles. The molecule has 0 radical (unpaired) electrons. The minimum absolute atomic E-state index is 0.638. The molecule has 0 aliphatic heterocycles. The molecule has 0 amide bonds. The summed E-state index contributed by atoms with van der Waals surface area (Å²) >= 11 is 0. The second-order valence-electron chi connectivity index (χ2n) is 4.60. The van der Waals surface area contributed by atoms with Crippen LogP contribution in [0.4, 0.5) is 0 Å². The summed E-state index contributed by atoms with van der Waals surface area (Å²) in [6.07, 6.45) is 8.29. The van der Waals surface area contributed by atoms with E-state index < -0.39 is 0 Å². The summed E-state index contributed by atoms with van der Waals surface area (Å²) in [6.45, 7) is 0. The topological polar surface area (TPSA) is 22.0 Å². The lowest BCUT2D eigenvalue weighted by atomic mass is 10.1. The van der Waals surface area contributed by atoms with Crippen LogP contribution in [0.25, 0.3) is 10.9 Å². The molecule has 16 heavy (non-hydrogen) atoms. The van der Waals surface area contributed by atoms with E-state index in [-0.39, 0.29) is 0 Å². The Morgan fingerprint density at radius 3 is 2.75 bits per heavy atom. The van der Waals surface area contributed by atoms with Crippen molar-refractivity contribution in [2.24, 2.45) is 0 Å². The molecular formula is C14H15NO. The maximum atomic E-state index is 10.8. The molecule has 0 atom stereocenters. The number of benzene rings is 1. The number of carbonyl (C=O) groups excluding carboxylic acids is 1. The van der Waals surface area contributed by atoms with Crippen LogP contribution in [0.1, 0.15) is 42.1 Å². The monoisotopic (exact) mass is 213 g/mol. The quantitative estimate of drug-likeness (QED) is 0.699. The van der Waals surface area contributed by atoms with Gasteiger partial charge in [0.1, 0.15) is 6.29 Å². The summed E-state index contributed by atoms with van der Waals surface area (Å²) in [6, 6.07) is 8.70. The fraction of sp³-hybridized carbons (Fsp3) is 0.357. The molecule has 0 unspecified atom stereocenters. The standard InChI is InChI=1S/C14H15NO/c16-10-11-5-6-12-7-8-15(14(12)9-11)13-3-1-2-4-13/h5-10,13H,1-4H2. The van der Waals surface area contributed by atoms with Gasteiger partial charge >= 0.3 is 0 Å². The van der Waals surface area contributed by atoms with E-state index >= 15 is 0 Å². The highest BCUT2D eigenvalue weighted by molar-refractivity contribution is 5.87. The van der Waals surface area contributed by atoms with E-state index in [0.29, 0.717) is 6.04 Å². The van der Waals surface area contributed by atoms with Gasteiger partial charge in [0.15, 0.2) is 0 Å². The zero-order chi connectivity index (χ0) is 11.0. The van der Waals surface area contributed by atoms with Gasteiger partial charge in [0.25, 0.3) is 0 Å². The van der Waals surface area contributed by atoms with Crippen LogP contribution >= 0.6 is 0 Å². The predicted octanol–water partition coefficient (Wildman–Crippen LogP) is 3.57. The summed E-state index contributed by atoms with van der Waals surface area (Å²) in [5.74, 6) is 0. The summed E-state index contributed by atoms with van der Waals surface area (Å²) in [7, 11) is 0. The van der Waals surface area contributed by atoms with Crippen molar-refractivity contribution in [2.45, 2.75) is 31.7 Å². The van der Waals surface area contributed by atoms with Gasteiger partial charge in [0.2, 0.25) is 0 Å². The number of aldehydes is 1. The third-order valence-electron chi connectivity index (χ3n) is 3.60. The number of aromatic nitrogens is 1. The van der Waals surface area contributed by atoms with Gasteiger partial charge in [0, 0.05) is 23.3 Å². The van der Waals surface area contributed by atoms with Crippen molar-refractivity contribution >= 4 is 17.2 Å². The Morgan fingerprint density at radius 1 is 1.19 bits per heavy atom. The molecule has 1 aliphatic carbocycles. The van der Waals surface area contributed by atoms with Crippen molar-refractivity contribution in [1.29, 1.82) is 0 Å². The van der Waals surface area contributed by atoms with Gasteiger partial charge in [-0.25, -0.2) is 0 Å². The molecule has 1 saturated carbocycles. The molecule has 2 nitrogen and oxygen atoms in total. The Hall–Kier alpha value is -1.57. The normalized spacial score (nSPS) is 17.0. The van der Waals surface area contributed by atoms with Gasteiger partial charge in [-0.15, -0.1) is 0 Å². The molecule has 82 valence electrons. The van der Waals surface area contributed by atoms with E-state index in [2.05, 4.69) is 16.8 Å². The number of hydrogen-bond acceptors (Lipinski definition) is 1. The Morgan fingerprint density at radius 2 is 2.00 bits per heavy atom. The predicted molar refractivity (Wildman–Crippen MR) is 64.8 cm³/mol. The summed E-state index contributed by atoms with van der Waals surface area (Å²) in [5, 5.41) is 1.23. The maximum absolute atomic E-state index is 10.8. The van der Waals surface area contributed by atoms with Crippen LogP contribution < -0.4 is 0 Å². The van der Waals surface area contributed by atoms with E-state index in [4.69, 9.17) is 0 Å². The van der Waals surface area contributed by atoms with Crippen LogP contribution in [0.5, 0.6) is 0 Å². The Balaban J connectivity index is 2.13. The molecular weight excluding hydrogens is 198 g/mol. The highest BCUT2D eigenvalue weighted by Gasteiger charge is 2.17. The lowest BCUT2D eigenvalue weighted by Crippen LogP contribution is -2.02. The number of fused-ring (bicyclic) bond motifs is 1. The minimum Gasteiger partial charge on any atom is -0.344 e. The van der Waals surface area contributed by atoms with Crippen molar-refractivity contribution in [1.82, 2.24) is 4.57 Å². The van der Waals surface area contributed by atoms with E-state index in [9.17, 15) is 4.79 Å². The van der Waals surface area contributed by atoms with Crippen LogP contribution in [-0.4, -0.2) is 10.9 Å². The zero-order valence-electron chi connectivity index (χ0n) is 9.23. The number of nitrogens with zero attached hydrogens (tertiary/aromatic N) is 1. The van der Waals surface area contributed by atoms with Crippen molar-refractivity contribution in [3.63, 3.8) is 0 Å². The van der Waals surface area contributed by atoms with Crippen molar-refractivity contribution in [3.8, 4) is 0 Å². The second kappa shape index (κ2) is 3.78. The first-order valence-corrected chi connectivity index (χ1v) is 5.94. The molecule has 2 heteroatoms. The van der Waals surface area contributed by atoms with Crippen molar-refractivity contribution in [3.05, 3.63) is 36.0 Å². The number of rotatable bonds is 2. The maximum Gasteiger partial charge on any atom is 0.150 e. The smallest absolute Gasteiger partial charge is 0.150 e. The van der Waals surface area contributed by atoms with Gasteiger partial charge in [-0.05, 0) is 30.4 Å². The van der Waals surface area contributed by atoms with Crippen molar-refractivity contribution < 1.29 is 4.79 Å². The fourth-order valence-electron chi connectivity index (χ4n) is 2.74. The molecule has 0 N–H and O–H groups in total. The number of carbonyl (C=O) groups is 1. The lowest BCUT2D eigenvalue weighted by Gasteiger charge is -2.13. The van der Waals surface area contributed by atoms with Crippen molar-refractivity contribution in [2.75, 3.05) is 0 Å². The van der Waals surface area contributed by atoms with E-state index in [1.165, 1.54) is 36.6 Å². The Bertz CT molecular complexity index is 521. The average Bonchev–Trinajstić information content (AvgIpc) is 2.96. The molecule has 2 aromatic rings. The first-order valence-electron chi connectivity index (χ1n) is 5.94. The molecule has 1 heterocycles. The fourth-order valence-corrected chi connectivity index (χ4v) is 2.74. The molecule has 0 saturated heterocycles. The van der Waals surface area contributed by atoms with Crippen LogP contribution in [0.2, 0.25) is 0 Å². The molecule has 1 aromatic carbocycles. The highest BCUT2D eigenvalue weighted by atomic mass is 16.1. The van der Waals surface area contributed by atoms with E-state index in [1.54, 1.807) is 0 Å². The van der Waals surface area contributed by atoms with Crippen LogP contribution in [0.3, 0.4) is 0 Å². The largest absolute Gasteiger partial charge is 0.344 e. The summed E-state index contributed by atoms with van der Waals surface area (Å²) in [5.41, 5.74) is 1.97. The summed E-state index contributed by atoms with van der Waals surface area (Å²) < 4.78 is 2.34. The Labute approximate surface area is 94.9 Å². The third kappa shape index (κ3) is 1.45. The first-order chi connectivity index (χ1) is 7.88. The molecule has 0 bridgehead atoms. The van der Waals surface area contributed by atoms with Gasteiger partial charge in [-0.3, -0.25) is 4.79 Å². The minimum atomic E-state index is 0.638. The molecule has 3 rings (SSSR count). The Kier molecular flexibility index (Phi) is 2.28. The van der Waals surface area contributed by atoms with Gasteiger partial charge < -0.3 is 4.57 Å². The number of hydrogen-bond donors (Lipinski definition) is 0. The zero-order valence-corrected chi connectivity index (χ0v) is 9.23. The van der Waals surface area contributed by atoms with Crippen LogP contribution in [-0.2, 0) is 0 Å². The summed E-state index contributed by atoms with van der Waals surface area (Å²) in [4.78, 5) is 10.8. The van der Waals surface area contributed by atoms with Crippen LogP contribution in [0.15, 0.2) is 30.5 Å². The first kappa shape index (κ1) is 9.64. The van der Waals surface area contributed by atoms with E-state index in [0.717, 1.165) is 11.8 Å². The average molecular weight is 213 g/mol. The highest BCUT2D eigenvalue weighted by Crippen LogP contribution is 2.32. The molecule has 1 fully saturated rings. The van der Waals surface area contributed by atoms with Crippen LogP contribution in [0, 0.1) is 0 Å². The van der Waals surface area contributed by atoms with Gasteiger partial charge in [0.05, 0.1) is 0 Å². The van der Waals surface area contributed by atoms with Gasteiger partial charge in [-0.1, -0.05) is 25.0 Å². The SMILES string of the molecule is O=Cc1ccc2ccn(C3CCCC3)c2c1.